The Morgan fingerprint density at radius 3 is 2.71 bits per heavy atom. The first-order valence-electron chi connectivity index (χ1n) is 5.61. The van der Waals surface area contributed by atoms with E-state index in [9.17, 15) is 0 Å². The molecule has 5 heteroatoms. The molecule has 0 aliphatic rings. The van der Waals surface area contributed by atoms with Gasteiger partial charge in [-0.1, -0.05) is 49.2 Å². The molecule has 96 valence electrons. The second-order valence-corrected chi connectivity index (χ2v) is 6.17. The van der Waals surface area contributed by atoms with Crippen molar-refractivity contribution in [1.82, 2.24) is 5.43 Å². The predicted molar refractivity (Wildman–Crippen MR) is 78.7 cm³/mol. The van der Waals surface area contributed by atoms with Gasteiger partial charge in [0.2, 0.25) is 0 Å². The van der Waals surface area contributed by atoms with E-state index in [2.05, 4.69) is 19.3 Å². The van der Waals surface area contributed by atoms with Gasteiger partial charge >= 0.3 is 0 Å². The number of rotatable bonds is 6. The summed E-state index contributed by atoms with van der Waals surface area (Å²) < 4.78 is 0. The molecule has 17 heavy (non-hydrogen) atoms. The van der Waals surface area contributed by atoms with Crippen molar-refractivity contribution >= 4 is 35.0 Å². The lowest BCUT2D eigenvalue weighted by Crippen LogP contribution is -2.30. The predicted octanol–water partition coefficient (Wildman–Crippen LogP) is 4.03. The summed E-state index contributed by atoms with van der Waals surface area (Å²) in [5.74, 6) is 6.47. The van der Waals surface area contributed by atoms with Gasteiger partial charge in [-0.15, -0.1) is 0 Å². The van der Waals surface area contributed by atoms with E-state index in [0.717, 1.165) is 17.7 Å². The normalized spacial score (nSPS) is 14.6. The SMILES string of the molecule is CCC(C)SCC(NN)c1cccc(Cl)c1Cl. The molecule has 0 aliphatic carbocycles. The molecule has 0 amide bonds. The van der Waals surface area contributed by atoms with Crippen LogP contribution in [0.15, 0.2) is 18.2 Å². The van der Waals surface area contributed by atoms with Gasteiger partial charge < -0.3 is 0 Å². The molecule has 2 atom stereocenters. The Balaban J connectivity index is 2.76. The molecule has 0 radical (unpaired) electrons. The van der Waals surface area contributed by atoms with Gasteiger partial charge in [-0.2, -0.15) is 11.8 Å². The minimum absolute atomic E-state index is 0.0280. The summed E-state index contributed by atoms with van der Waals surface area (Å²) in [6.45, 7) is 4.38. The molecule has 1 aromatic carbocycles. The van der Waals surface area contributed by atoms with Gasteiger partial charge in [-0.3, -0.25) is 11.3 Å². The molecule has 2 nitrogen and oxygen atoms in total. The first kappa shape index (κ1) is 15.1. The quantitative estimate of drug-likeness (QED) is 0.614. The van der Waals surface area contributed by atoms with Crippen LogP contribution in [0, 0.1) is 0 Å². The first-order valence-corrected chi connectivity index (χ1v) is 7.42. The van der Waals surface area contributed by atoms with E-state index in [4.69, 9.17) is 29.0 Å². The fourth-order valence-corrected chi connectivity index (χ4v) is 2.87. The van der Waals surface area contributed by atoms with E-state index in [1.807, 2.05) is 23.9 Å². The third kappa shape index (κ3) is 4.34. The van der Waals surface area contributed by atoms with Gasteiger partial charge in [0.05, 0.1) is 16.1 Å². The lowest BCUT2D eigenvalue weighted by Gasteiger charge is -2.19. The Morgan fingerprint density at radius 1 is 1.41 bits per heavy atom. The number of thioether (sulfide) groups is 1. The van der Waals surface area contributed by atoms with Crippen LogP contribution in [-0.4, -0.2) is 11.0 Å². The van der Waals surface area contributed by atoms with Crippen molar-refractivity contribution in [3.8, 4) is 0 Å². The van der Waals surface area contributed by atoms with Crippen LogP contribution in [0.25, 0.3) is 0 Å². The van der Waals surface area contributed by atoms with E-state index in [1.54, 1.807) is 6.07 Å². The second kappa shape index (κ2) is 7.49. The molecule has 3 N–H and O–H groups in total. The fraction of sp³-hybridized carbons (Fsp3) is 0.500. The number of nitrogens with two attached hydrogens (primary N) is 1. The zero-order valence-electron chi connectivity index (χ0n) is 10.0. The van der Waals surface area contributed by atoms with Gasteiger partial charge in [0, 0.05) is 11.0 Å². The van der Waals surface area contributed by atoms with E-state index in [-0.39, 0.29) is 6.04 Å². The summed E-state index contributed by atoms with van der Waals surface area (Å²) in [6.07, 6.45) is 1.14. The standard InChI is InChI=1S/C12H18Cl2N2S/c1-3-8(2)17-7-11(16-15)9-5-4-6-10(13)12(9)14/h4-6,8,11,16H,3,7,15H2,1-2H3. The van der Waals surface area contributed by atoms with Crippen molar-refractivity contribution in [1.29, 1.82) is 0 Å². The maximum atomic E-state index is 6.18. The van der Waals surface area contributed by atoms with Gasteiger partial charge in [0.1, 0.15) is 0 Å². The van der Waals surface area contributed by atoms with Crippen LogP contribution in [0.3, 0.4) is 0 Å². The Hall–Kier alpha value is 0.0700. The van der Waals surface area contributed by atoms with E-state index in [1.165, 1.54) is 0 Å². The monoisotopic (exact) mass is 292 g/mol. The highest BCUT2D eigenvalue weighted by Crippen LogP contribution is 2.32. The lowest BCUT2D eigenvalue weighted by atomic mass is 10.1. The molecular formula is C12H18Cl2N2S. The van der Waals surface area contributed by atoms with Crippen molar-refractivity contribution in [2.75, 3.05) is 5.75 Å². The Morgan fingerprint density at radius 2 is 2.12 bits per heavy atom. The first-order chi connectivity index (χ1) is 8.10. The van der Waals surface area contributed by atoms with Gasteiger partial charge in [-0.25, -0.2) is 0 Å². The van der Waals surface area contributed by atoms with Crippen molar-refractivity contribution < 1.29 is 0 Å². The summed E-state index contributed by atoms with van der Waals surface area (Å²) in [6, 6.07) is 5.65. The molecule has 2 unspecified atom stereocenters. The Labute approximate surface area is 117 Å². The van der Waals surface area contributed by atoms with E-state index < -0.39 is 0 Å². The highest BCUT2D eigenvalue weighted by Gasteiger charge is 2.16. The van der Waals surface area contributed by atoms with Crippen LogP contribution in [0.1, 0.15) is 31.9 Å². The third-order valence-electron chi connectivity index (χ3n) is 2.68. The van der Waals surface area contributed by atoms with Crippen molar-refractivity contribution in [3.05, 3.63) is 33.8 Å². The average molecular weight is 293 g/mol. The molecule has 0 aromatic heterocycles. The largest absolute Gasteiger partial charge is 0.271 e. The van der Waals surface area contributed by atoms with Crippen LogP contribution in [-0.2, 0) is 0 Å². The fourth-order valence-electron chi connectivity index (χ4n) is 1.40. The Bertz CT molecular complexity index is 360. The van der Waals surface area contributed by atoms with Crippen molar-refractivity contribution in [2.45, 2.75) is 31.6 Å². The molecule has 0 saturated heterocycles. The smallest absolute Gasteiger partial charge is 0.0640 e. The number of halogens is 2. The summed E-state index contributed by atoms with van der Waals surface area (Å²) in [5, 5.41) is 1.77. The zero-order valence-corrected chi connectivity index (χ0v) is 12.4. The molecule has 1 aromatic rings. The summed E-state index contributed by atoms with van der Waals surface area (Å²) in [5.41, 5.74) is 3.76. The highest BCUT2D eigenvalue weighted by molar-refractivity contribution is 7.99. The Kier molecular flexibility index (Phi) is 6.67. The van der Waals surface area contributed by atoms with Crippen LogP contribution < -0.4 is 11.3 Å². The van der Waals surface area contributed by atoms with E-state index >= 15 is 0 Å². The zero-order chi connectivity index (χ0) is 12.8. The summed E-state index contributed by atoms with van der Waals surface area (Å²) >= 11 is 14.1. The second-order valence-electron chi connectivity index (χ2n) is 3.91. The highest BCUT2D eigenvalue weighted by atomic mass is 35.5. The number of hydrogen-bond donors (Lipinski definition) is 2. The molecule has 0 fully saturated rings. The van der Waals surface area contributed by atoms with Crippen LogP contribution >= 0.6 is 35.0 Å². The topological polar surface area (TPSA) is 38.0 Å². The number of hydrazine groups is 1. The maximum absolute atomic E-state index is 6.18. The van der Waals surface area contributed by atoms with Crippen LogP contribution in [0.5, 0.6) is 0 Å². The molecule has 0 saturated carbocycles. The maximum Gasteiger partial charge on any atom is 0.0640 e. The average Bonchev–Trinajstić information content (AvgIpc) is 2.34. The molecule has 0 heterocycles. The molecule has 0 bridgehead atoms. The molecule has 0 aliphatic heterocycles. The number of benzene rings is 1. The molecular weight excluding hydrogens is 275 g/mol. The lowest BCUT2D eigenvalue weighted by molar-refractivity contribution is 0.610. The minimum atomic E-state index is 0.0280. The summed E-state index contributed by atoms with van der Waals surface area (Å²) in [4.78, 5) is 0. The third-order valence-corrected chi connectivity index (χ3v) is 4.94. The van der Waals surface area contributed by atoms with Crippen molar-refractivity contribution in [3.63, 3.8) is 0 Å². The van der Waals surface area contributed by atoms with Crippen LogP contribution in [0.4, 0.5) is 0 Å². The molecule has 0 spiro atoms. The van der Waals surface area contributed by atoms with Crippen molar-refractivity contribution in [2.24, 2.45) is 5.84 Å². The van der Waals surface area contributed by atoms with E-state index in [0.29, 0.717) is 15.3 Å². The van der Waals surface area contributed by atoms with Crippen LogP contribution in [0.2, 0.25) is 10.0 Å². The summed E-state index contributed by atoms with van der Waals surface area (Å²) in [7, 11) is 0. The van der Waals surface area contributed by atoms with Gasteiger partial charge in [0.15, 0.2) is 0 Å². The van der Waals surface area contributed by atoms with Gasteiger partial charge in [0.25, 0.3) is 0 Å². The molecule has 1 rings (SSSR count). The number of nitrogens with one attached hydrogen (secondary N) is 1. The number of hydrogen-bond acceptors (Lipinski definition) is 3. The minimum Gasteiger partial charge on any atom is -0.271 e. The van der Waals surface area contributed by atoms with Gasteiger partial charge in [-0.05, 0) is 18.1 Å².